The Hall–Kier alpha value is -2.01. The molecule has 0 saturated heterocycles. The van der Waals surface area contributed by atoms with E-state index >= 15 is 0 Å². The lowest BCUT2D eigenvalue weighted by molar-refractivity contribution is 0.307. The van der Waals surface area contributed by atoms with Crippen molar-refractivity contribution in [3.63, 3.8) is 0 Å². The lowest BCUT2D eigenvalue weighted by Gasteiger charge is -2.20. The molecular formula is C16H16O4S. The Morgan fingerprint density at radius 2 is 1.81 bits per heavy atom. The normalized spacial score (nSPS) is 14.7. The molecule has 0 radical (unpaired) electrons. The number of fused-ring (bicyclic) bond motifs is 2. The molecular weight excluding hydrogens is 288 g/mol. The van der Waals surface area contributed by atoms with E-state index in [9.17, 15) is 8.42 Å². The molecule has 0 fully saturated rings. The summed E-state index contributed by atoms with van der Waals surface area (Å²) < 4.78 is 36.4. The average Bonchev–Trinajstić information content (AvgIpc) is 2.47. The average molecular weight is 304 g/mol. The fourth-order valence-corrected chi connectivity index (χ4v) is 3.69. The van der Waals surface area contributed by atoms with Crippen LogP contribution in [-0.2, 0) is 9.84 Å². The second-order valence-electron chi connectivity index (χ2n) is 4.86. The molecule has 2 aromatic rings. The Bertz CT molecular complexity index is 766. The molecule has 0 spiro atoms. The SMILES string of the molecule is CCCCOc1ccc2c(c1)Oc1ccccc1S2(=O)=O. The van der Waals surface area contributed by atoms with Crippen LogP contribution in [0.15, 0.2) is 52.3 Å². The van der Waals surface area contributed by atoms with Crippen LogP contribution in [0.25, 0.3) is 0 Å². The molecule has 0 amide bonds. The van der Waals surface area contributed by atoms with E-state index in [0.29, 0.717) is 23.9 Å². The minimum absolute atomic E-state index is 0.184. The largest absolute Gasteiger partial charge is 0.493 e. The molecule has 4 nitrogen and oxygen atoms in total. The van der Waals surface area contributed by atoms with Crippen molar-refractivity contribution in [3.8, 4) is 17.2 Å². The molecule has 3 rings (SSSR count). The van der Waals surface area contributed by atoms with Gasteiger partial charge in [0.15, 0.2) is 0 Å². The molecule has 1 heterocycles. The van der Waals surface area contributed by atoms with Gasteiger partial charge in [0.1, 0.15) is 27.0 Å². The van der Waals surface area contributed by atoms with Crippen molar-refractivity contribution < 1.29 is 17.9 Å². The van der Waals surface area contributed by atoms with Gasteiger partial charge < -0.3 is 9.47 Å². The van der Waals surface area contributed by atoms with E-state index in [-0.39, 0.29) is 9.79 Å². The van der Waals surface area contributed by atoms with Crippen LogP contribution < -0.4 is 9.47 Å². The summed E-state index contributed by atoms with van der Waals surface area (Å²) in [6.45, 7) is 2.70. The molecule has 0 aliphatic carbocycles. The van der Waals surface area contributed by atoms with Gasteiger partial charge in [0.2, 0.25) is 9.84 Å². The molecule has 0 saturated carbocycles. The zero-order chi connectivity index (χ0) is 14.9. The second-order valence-corrected chi connectivity index (χ2v) is 6.75. The predicted octanol–water partition coefficient (Wildman–Crippen LogP) is 3.80. The van der Waals surface area contributed by atoms with Gasteiger partial charge in [-0.2, -0.15) is 0 Å². The first-order valence-corrected chi connectivity index (χ1v) is 8.40. The van der Waals surface area contributed by atoms with Crippen molar-refractivity contribution in [2.24, 2.45) is 0 Å². The van der Waals surface area contributed by atoms with Gasteiger partial charge in [0.25, 0.3) is 0 Å². The zero-order valence-electron chi connectivity index (χ0n) is 11.7. The number of rotatable bonds is 4. The molecule has 2 aromatic carbocycles. The number of hydrogen-bond acceptors (Lipinski definition) is 4. The summed E-state index contributed by atoms with van der Waals surface area (Å²) >= 11 is 0. The van der Waals surface area contributed by atoms with Gasteiger partial charge in [-0.15, -0.1) is 0 Å². The van der Waals surface area contributed by atoms with Gasteiger partial charge in [-0.3, -0.25) is 0 Å². The summed E-state index contributed by atoms with van der Waals surface area (Å²) in [5.74, 6) is 1.30. The van der Waals surface area contributed by atoms with Crippen LogP contribution in [0.5, 0.6) is 17.2 Å². The van der Waals surface area contributed by atoms with Crippen LogP contribution in [0.3, 0.4) is 0 Å². The highest BCUT2D eigenvalue weighted by atomic mass is 32.2. The summed E-state index contributed by atoms with van der Waals surface area (Å²) in [6, 6.07) is 11.5. The fourth-order valence-electron chi connectivity index (χ4n) is 2.21. The van der Waals surface area contributed by atoms with Crippen LogP contribution in [-0.4, -0.2) is 15.0 Å². The number of hydrogen-bond donors (Lipinski definition) is 0. The summed E-state index contributed by atoms with van der Waals surface area (Å²) in [4.78, 5) is 0.390. The maximum atomic E-state index is 12.5. The van der Waals surface area contributed by atoms with E-state index in [2.05, 4.69) is 6.92 Å². The molecule has 0 atom stereocenters. The van der Waals surface area contributed by atoms with E-state index in [1.807, 2.05) is 0 Å². The third-order valence-electron chi connectivity index (χ3n) is 3.33. The first kappa shape index (κ1) is 13.9. The molecule has 110 valence electrons. The Kier molecular flexibility index (Phi) is 3.59. The molecule has 0 N–H and O–H groups in total. The molecule has 1 aliphatic rings. The van der Waals surface area contributed by atoms with E-state index in [1.165, 1.54) is 0 Å². The predicted molar refractivity (Wildman–Crippen MR) is 78.8 cm³/mol. The third-order valence-corrected chi connectivity index (χ3v) is 5.16. The number of para-hydroxylation sites is 1. The highest BCUT2D eigenvalue weighted by Crippen LogP contribution is 2.43. The van der Waals surface area contributed by atoms with Gasteiger partial charge in [0, 0.05) is 6.07 Å². The standard InChI is InChI=1S/C16H16O4S/c1-2-3-10-19-12-8-9-16-14(11-12)20-13-6-4-5-7-15(13)21(16,17)18/h4-9,11H,2-3,10H2,1H3. The molecule has 1 aliphatic heterocycles. The van der Waals surface area contributed by atoms with Crippen molar-refractivity contribution in [2.75, 3.05) is 6.61 Å². The number of benzene rings is 2. The minimum Gasteiger partial charge on any atom is -0.493 e. The molecule has 21 heavy (non-hydrogen) atoms. The Labute approximate surface area is 124 Å². The minimum atomic E-state index is -3.52. The lowest BCUT2D eigenvalue weighted by atomic mass is 10.3. The summed E-state index contributed by atoms with van der Waals surface area (Å²) in [5, 5.41) is 0. The van der Waals surface area contributed by atoms with Crippen molar-refractivity contribution in [2.45, 2.75) is 29.6 Å². The van der Waals surface area contributed by atoms with Gasteiger partial charge in [-0.1, -0.05) is 25.5 Å². The van der Waals surface area contributed by atoms with Crippen LogP contribution in [0.1, 0.15) is 19.8 Å². The van der Waals surface area contributed by atoms with Crippen molar-refractivity contribution in [1.82, 2.24) is 0 Å². The number of ether oxygens (including phenoxy) is 2. The lowest BCUT2D eigenvalue weighted by Crippen LogP contribution is -2.11. The van der Waals surface area contributed by atoms with Crippen LogP contribution >= 0.6 is 0 Å². The van der Waals surface area contributed by atoms with Crippen LogP contribution in [0, 0.1) is 0 Å². The van der Waals surface area contributed by atoms with Gasteiger partial charge in [0.05, 0.1) is 6.61 Å². The summed E-state index contributed by atoms with van der Waals surface area (Å²) in [5.41, 5.74) is 0. The number of sulfone groups is 1. The first-order chi connectivity index (χ1) is 10.1. The first-order valence-electron chi connectivity index (χ1n) is 6.92. The molecule has 0 aromatic heterocycles. The molecule has 0 unspecified atom stereocenters. The smallest absolute Gasteiger partial charge is 0.213 e. The Balaban J connectivity index is 1.99. The van der Waals surface area contributed by atoms with Crippen molar-refractivity contribution in [1.29, 1.82) is 0 Å². The molecule has 5 heteroatoms. The Morgan fingerprint density at radius 3 is 2.62 bits per heavy atom. The fraction of sp³-hybridized carbons (Fsp3) is 0.250. The van der Waals surface area contributed by atoms with Crippen molar-refractivity contribution in [3.05, 3.63) is 42.5 Å². The third kappa shape index (κ3) is 2.49. The van der Waals surface area contributed by atoms with E-state index in [4.69, 9.17) is 9.47 Å². The van der Waals surface area contributed by atoms with Crippen LogP contribution in [0.4, 0.5) is 0 Å². The van der Waals surface area contributed by atoms with Gasteiger partial charge in [-0.25, -0.2) is 8.42 Å². The number of unbranched alkanes of at least 4 members (excludes halogenated alkanes) is 1. The quantitative estimate of drug-likeness (QED) is 0.688. The van der Waals surface area contributed by atoms with Crippen molar-refractivity contribution >= 4 is 9.84 Å². The topological polar surface area (TPSA) is 52.6 Å². The van der Waals surface area contributed by atoms with E-state index in [1.54, 1.807) is 42.5 Å². The highest BCUT2D eigenvalue weighted by molar-refractivity contribution is 7.91. The Morgan fingerprint density at radius 1 is 1.05 bits per heavy atom. The molecule has 0 bridgehead atoms. The van der Waals surface area contributed by atoms with Crippen LogP contribution in [0.2, 0.25) is 0 Å². The summed E-state index contributed by atoms with van der Waals surface area (Å²) in [6.07, 6.45) is 2.00. The second kappa shape index (κ2) is 5.41. The zero-order valence-corrected chi connectivity index (χ0v) is 12.5. The van der Waals surface area contributed by atoms with Gasteiger partial charge >= 0.3 is 0 Å². The van der Waals surface area contributed by atoms with Gasteiger partial charge in [-0.05, 0) is 30.7 Å². The highest BCUT2D eigenvalue weighted by Gasteiger charge is 2.31. The maximum Gasteiger partial charge on any atom is 0.213 e. The summed E-state index contributed by atoms with van der Waals surface area (Å²) in [7, 11) is -3.52. The monoisotopic (exact) mass is 304 g/mol. The van der Waals surface area contributed by atoms with E-state index in [0.717, 1.165) is 12.8 Å². The maximum absolute atomic E-state index is 12.5. The van der Waals surface area contributed by atoms with E-state index < -0.39 is 9.84 Å².